The van der Waals surface area contributed by atoms with Gasteiger partial charge in [0, 0.05) is 75.6 Å². The van der Waals surface area contributed by atoms with Crippen LogP contribution in [0.1, 0.15) is 120 Å². The van der Waals surface area contributed by atoms with Gasteiger partial charge in [-0.1, -0.05) is 96.4 Å². The standard InChI is InChI=1S/C38H36Br2N2O4/c1-5-7-9-11-19(3)41-35(43)23-15-13-21-32-28(40)18-26-30-24(36(44)42(38(26)46)20(4)12-10-8-6-2)16-14-22(34(30)32)31-27(39)17-25(37(41)45)29(23)33(21)31/h13-20H,5-12H2,1-4H3. The van der Waals surface area contributed by atoms with Crippen molar-refractivity contribution in [2.45, 2.75) is 91.1 Å². The summed E-state index contributed by atoms with van der Waals surface area (Å²) >= 11 is 7.63. The molecular weight excluding hydrogens is 708 g/mol. The second-order valence-corrected chi connectivity index (χ2v) is 14.7. The fourth-order valence-corrected chi connectivity index (χ4v) is 9.13. The van der Waals surface area contributed by atoms with Gasteiger partial charge in [0.1, 0.15) is 0 Å². The summed E-state index contributed by atoms with van der Waals surface area (Å²) in [6.07, 6.45) is 7.70. The highest BCUT2D eigenvalue weighted by molar-refractivity contribution is 9.11. The molecular formula is C38H36Br2N2O4. The van der Waals surface area contributed by atoms with Crippen LogP contribution >= 0.6 is 31.9 Å². The van der Waals surface area contributed by atoms with Gasteiger partial charge in [-0.05, 0) is 61.7 Å². The molecule has 6 nitrogen and oxygen atoms in total. The quantitative estimate of drug-likeness (QED) is 0.0618. The number of amides is 4. The van der Waals surface area contributed by atoms with Crippen molar-refractivity contribution in [2.75, 3.05) is 0 Å². The molecule has 0 aromatic heterocycles. The Morgan fingerprint density at radius 3 is 1.26 bits per heavy atom. The average molecular weight is 745 g/mol. The summed E-state index contributed by atoms with van der Waals surface area (Å²) in [6, 6.07) is 10.8. The highest BCUT2D eigenvalue weighted by Gasteiger charge is 2.40. The van der Waals surface area contributed by atoms with E-state index in [2.05, 4.69) is 45.7 Å². The minimum absolute atomic E-state index is 0.212. The maximum atomic E-state index is 14.0. The van der Waals surface area contributed by atoms with Crippen molar-refractivity contribution in [1.82, 2.24) is 9.80 Å². The van der Waals surface area contributed by atoms with Crippen LogP contribution in [0.2, 0.25) is 0 Å². The van der Waals surface area contributed by atoms with Crippen molar-refractivity contribution in [3.63, 3.8) is 0 Å². The van der Waals surface area contributed by atoms with Crippen molar-refractivity contribution < 1.29 is 19.2 Å². The first-order chi connectivity index (χ1) is 22.1. The molecule has 0 saturated heterocycles. The summed E-state index contributed by atoms with van der Waals surface area (Å²) in [4.78, 5) is 58.9. The van der Waals surface area contributed by atoms with E-state index in [1.165, 1.54) is 9.80 Å². The predicted molar refractivity (Wildman–Crippen MR) is 191 cm³/mol. The lowest BCUT2D eigenvalue weighted by Gasteiger charge is -2.34. The molecule has 0 radical (unpaired) electrons. The highest BCUT2D eigenvalue weighted by Crippen LogP contribution is 2.50. The van der Waals surface area contributed by atoms with Gasteiger partial charge in [0.05, 0.1) is 0 Å². The lowest BCUT2D eigenvalue weighted by atomic mass is 9.82. The van der Waals surface area contributed by atoms with Crippen molar-refractivity contribution in [1.29, 1.82) is 0 Å². The number of carbonyl (C=O) groups excluding carboxylic acids is 4. The van der Waals surface area contributed by atoms with Gasteiger partial charge in [-0.3, -0.25) is 29.0 Å². The largest absolute Gasteiger partial charge is 0.272 e. The Morgan fingerprint density at radius 2 is 0.891 bits per heavy atom. The number of fused-ring (bicyclic) bond motifs is 2. The number of halogens is 2. The lowest BCUT2D eigenvalue weighted by Crippen LogP contribution is -2.46. The fraction of sp³-hybridized carbons (Fsp3) is 0.368. The first-order valence-electron chi connectivity index (χ1n) is 16.5. The van der Waals surface area contributed by atoms with Crippen molar-refractivity contribution in [3.8, 4) is 0 Å². The Kier molecular flexibility index (Phi) is 7.95. The molecule has 2 atom stereocenters. The Labute approximate surface area is 285 Å². The molecule has 0 bridgehead atoms. The van der Waals surface area contributed by atoms with Crippen LogP contribution in [0.5, 0.6) is 0 Å². The van der Waals surface area contributed by atoms with E-state index < -0.39 is 0 Å². The smallest absolute Gasteiger partial charge is 0.261 e. The van der Waals surface area contributed by atoms with Gasteiger partial charge < -0.3 is 0 Å². The summed E-state index contributed by atoms with van der Waals surface area (Å²) in [5.41, 5.74) is 2.06. The minimum Gasteiger partial charge on any atom is -0.272 e. The average Bonchev–Trinajstić information content (AvgIpc) is 3.03. The maximum absolute atomic E-state index is 14.0. The molecule has 2 aliphatic rings. The van der Waals surface area contributed by atoms with E-state index in [9.17, 15) is 19.2 Å². The van der Waals surface area contributed by atoms with Crippen LogP contribution < -0.4 is 0 Å². The summed E-state index contributed by atoms with van der Waals surface area (Å²) in [7, 11) is 0. The Morgan fingerprint density at radius 1 is 0.522 bits per heavy atom. The van der Waals surface area contributed by atoms with Crippen LogP contribution in [-0.2, 0) is 0 Å². The zero-order valence-corrected chi connectivity index (χ0v) is 29.7. The Hall–Kier alpha value is -3.36. The zero-order valence-electron chi connectivity index (χ0n) is 26.6. The van der Waals surface area contributed by atoms with E-state index in [0.29, 0.717) is 33.0 Å². The molecule has 5 aromatic rings. The van der Waals surface area contributed by atoms with Crippen molar-refractivity contribution in [2.24, 2.45) is 0 Å². The number of unbranched alkanes of at least 4 members (excludes halogenated alkanes) is 4. The molecule has 0 fully saturated rings. The summed E-state index contributed by atoms with van der Waals surface area (Å²) in [5, 5.41) is 6.42. The highest BCUT2D eigenvalue weighted by atomic mass is 79.9. The van der Waals surface area contributed by atoms with Gasteiger partial charge in [-0.25, -0.2) is 0 Å². The molecule has 7 rings (SSSR count). The molecule has 0 aliphatic carbocycles. The van der Waals surface area contributed by atoms with Gasteiger partial charge in [0.15, 0.2) is 0 Å². The van der Waals surface area contributed by atoms with Crippen molar-refractivity contribution >= 4 is 98.6 Å². The third-order valence-corrected chi connectivity index (χ3v) is 11.4. The van der Waals surface area contributed by atoms with Crippen LogP contribution in [0, 0.1) is 0 Å². The van der Waals surface area contributed by atoms with E-state index in [1.54, 1.807) is 0 Å². The van der Waals surface area contributed by atoms with E-state index in [1.807, 2.05) is 50.2 Å². The van der Waals surface area contributed by atoms with Crippen LogP contribution in [0.15, 0.2) is 45.3 Å². The monoisotopic (exact) mass is 742 g/mol. The zero-order chi connectivity index (χ0) is 32.6. The number of rotatable bonds is 10. The molecule has 0 N–H and O–H groups in total. The van der Waals surface area contributed by atoms with Crippen LogP contribution in [-0.4, -0.2) is 45.5 Å². The van der Waals surface area contributed by atoms with Crippen molar-refractivity contribution in [3.05, 3.63) is 67.6 Å². The molecule has 46 heavy (non-hydrogen) atoms. The summed E-state index contributed by atoms with van der Waals surface area (Å²) in [6.45, 7) is 8.19. The van der Waals surface area contributed by atoms with Gasteiger partial charge in [-0.2, -0.15) is 0 Å². The molecule has 0 saturated carbocycles. The second kappa shape index (κ2) is 11.7. The molecule has 4 amide bonds. The number of carbonyl (C=O) groups is 4. The van der Waals surface area contributed by atoms with Gasteiger partial charge >= 0.3 is 0 Å². The minimum atomic E-state index is -0.273. The van der Waals surface area contributed by atoms with Crippen LogP contribution in [0.4, 0.5) is 0 Å². The molecule has 5 aromatic carbocycles. The van der Waals surface area contributed by atoms with Gasteiger partial charge in [0.25, 0.3) is 23.6 Å². The SMILES string of the molecule is CCCCCC(C)N1C(=O)c2ccc3c4c(Br)cc5c6c(ccc(c7c(Br)cc(c2c37)C1=O)c64)C(=O)N(C(C)CCCCC)C5=O. The molecule has 2 heterocycles. The second-order valence-electron chi connectivity index (χ2n) is 13.0. The number of hydrogen-bond acceptors (Lipinski definition) is 4. The van der Waals surface area contributed by atoms with E-state index >= 15 is 0 Å². The molecule has 2 unspecified atom stereocenters. The van der Waals surface area contributed by atoms with E-state index in [4.69, 9.17) is 0 Å². The Bertz CT molecular complexity index is 1990. The number of nitrogens with zero attached hydrogens (tertiary/aromatic N) is 2. The fourth-order valence-electron chi connectivity index (χ4n) is 7.84. The Balaban J connectivity index is 1.47. The first-order valence-corrected chi connectivity index (χ1v) is 18.1. The third kappa shape index (κ3) is 4.39. The normalized spacial score (nSPS) is 16.2. The van der Waals surface area contributed by atoms with Gasteiger partial charge in [0.2, 0.25) is 0 Å². The number of imide groups is 2. The third-order valence-electron chi connectivity index (χ3n) is 10.1. The molecule has 8 heteroatoms. The van der Waals surface area contributed by atoms with Gasteiger partial charge in [-0.15, -0.1) is 0 Å². The predicted octanol–water partition coefficient (Wildman–Crippen LogP) is 10.4. The van der Waals surface area contributed by atoms with Crippen LogP contribution in [0.3, 0.4) is 0 Å². The van der Waals surface area contributed by atoms with Crippen LogP contribution in [0.25, 0.3) is 43.1 Å². The number of hydrogen-bond donors (Lipinski definition) is 0. The molecule has 2 aliphatic heterocycles. The number of benzene rings is 5. The molecule has 236 valence electrons. The summed E-state index contributed by atoms with van der Waals surface area (Å²) < 4.78 is 1.47. The molecule has 0 spiro atoms. The topological polar surface area (TPSA) is 74.8 Å². The van der Waals surface area contributed by atoms with E-state index in [-0.39, 0.29) is 35.7 Å². The summed E-state index contributed by atoms with van der Waals surface area (Å²) in [5.74, 6) is -1.07. The maximum Gasteiger partial charge on any atom is 0.261 e. The lowest BCUT2D eigenvalue weighted by molar-refractivity contribution is 0.0526. The first kappa shape index (κ1) is 31.3. The van der Waals surface area contributed by atoms with E-state index in [0.717, 1.165) is 92.6 Å².